The quantitative estimate of drug-likeness (QED) is 0.468. The van der Waals surface area contributed by atoms with E-state index in [2.05, 4.69) is 26.1 Å². The van der Waals surface area contributed by atoms with E-state index in [4.69, 9.17) is 5.11 Å². The van der Waals surface area contributed by atoms with Gasteiger partial charge in [0.2, 0.25) is 0 Å². The van der Waals surface area contributed by atoms with Crippen LogP contribution < -0.4 is 5.32 Å². The van der Waals surface area contributed by atoms with Crippen molar-refractivity contribution in [3.63, 3.8) is 0 Å². The zero-order chi connectivity index (χ0) is 17.6. The van der Waals surface area contributed by atoms with Crippen LogP contribution in [0.3, 0.4) is 0 Å². The molecular weight excluding hydrogens is 274 g/mol. The summed E-state index contributed by atoms with van der Waals surface area (Å²) < 4.78 is 0. The molecule has 0 aromatic carbocycles. The second kappa shape index (κ2) is 12.9. The maximum Gasteiger partial charge on any atom is 0.303 e. The Bertz CT molecular complexity index is 273. The van der Waals surface area contributed by atoms with Crippen LogP contribution in [0.4, 0.5) is 0 Å². The third-order valence-corrected chi connectivity index (χ3v) is 3.65. The number of rotatable bonds is 12. The topological polar surface area (TPSA) is 49.3 Å². The number of unbranched alkanes of at least 4 members (excludes halogenated alkanes) is 4. The van der Waals surface area contributed by atoms with Gasteiger partial charge in [-0.2, -0.15) is 0 Å². The summed E-state index contributed by atoms with van der Waals surface area (Å²) in [6.45, 7) is 16.8. The molecule has 2 N–H and O–H groups in total. The summed E-state index contributed by atoms with van der Waals surface area (Å²) in [6, 6.07) is 0. The Labute approximate surface area is 139 Å². The molecule has 0 spiro atoms. The number of carbonyl (C=O) groups is 1. The summed E-state index contributed by atoms with van der Waals surface area (Å²) >= 11 is 0. The Kier molecular flexibility index (Phi) is 13.9. The van der Waals surface area contributed by atoms with Crippen molar-refractivity contribution in [1.82, 2.24) is 5.32 Å². The fourth-order valence-corrected chi connectivity index (χ4v) is 3.11. The average Bonchev–Trinajstić information content (AvgIpc) is 2.37. The third kappa shape index (κ3) is 15.8. The monoisotopic (exact) mass is 315 g/mol. The van der Waals surface area contributed by atoms with Gasteiger partial charge in [-0.05, 0) is 30.2 Å². The highest BCUT2D eigenvalue weighted by Crippen LogP contribution is 2.35. The minimum absolute atomic E-state index is 0.141. The molecule has 22 heavy (non-hydrogen) atoms. The lowest BCUT2D eigenvalue weighted by molar-refractivity contribution is -0.139. The number of hydrogen-bond acceptors (Lipinski definition) is 2. The normalized spacial score (nSPS) is 11.8. The number of aliphatic carboxylic acids is 1. The van der Waals surface area contributed by atoms with E-state index in [1.54, 1.807) is 0 Å². The van der Waals surface area contributed by atoms with Crippen molar-refractivity contribution in [3.05, 3.63) is 0 Å². The molecular formula is C19H41NO2. The molecule has 0 aliphatic rings. The molecule has 0 radical (unpaired) electrons. The standard InChI is InChI=1S/C17H35NO2.C2H6/c1-6-7-8-9-10-11-18-14-17(4,5)13-16(2,3)12-15(19)20;1-2/h18H,6-14H2,1-5H3,(H,19,20);1-2H3. The highest BCUT2D eigenvalue weighted by Gasteiger charge is 2.30. The van der Waals surface area contributed by atoms with Crippen molar-refractivity contribution >= 4 is 5.97 Å². The number of nitrogens with one attached hydrogen (secondary N) is 1. The Morgan fingerprint density at radius 1 is 0.955 bits per heavy atom. The second-order valence-corrected chi connectivity index (χ2v) is 7.67. The molecule has 0 aromatic rings. The predicted molar refractivity (Wildman–Crippen MR) is 97.4 cm³/mol. The Balaban J connectivity index is 0. The van der Waals surface area contributed by atoms with E-state index in [0.29, 0.717) is 0 Å². The van der Waals surface area contributed by atoms with Crippen molar-refractivity contribution in [2.45, 2.75) is 93.4 Å². The molecule has 0 aliphatic carbocycles. The zero-order valence-corrected chi connectivity index (χ0v) is 16.2. The van der Waals surface area contributed by atoms with Crippen LogP contribution >= 0.6 is 0 Å². The summed E-state index contributed by atoms with van der Waals surface area (Å²) in [4.78, 5) is 10.9. The molecule has 0 aromatic heterocycles. The van der Waals surface area contributed by atoms with E-state index in [-0.39, 0.29) is 17.3 Å². The summed E-state index contributed by atoms with van der Waals surface area (Å²) in [6.07, 6.45) is 7.70. The van der Waals surface area contributed by atoms with Gasteiger partial charge in [-0.3, -0.25) is 4.79 Å². The molecule has 0 saturated heterocycles. The van der Waals surface area contributed by atoms with Crippen LogP contribution in [-0.4, -0.2) is 24.2 Å². The van der Waals surface area contributed by atoms with E-state index in [1.807, 2.05) is 27.7 Å². The zero-order valence-electron chi connectivity index (χ0n) is 16.2. The fourth-order valence-electron chi connectivity index (χ4n) is 3.11. The van der Waals surface area contributed by atoms with E-state index < -0.39 is 5.97 Å². The first-order valence-corrected chi connectivity index (χ1v) is 9.11. The maximum atomic E-state index is 10.9. The highest BCUT2D eigenvalue weighted by atomic mass is 16.4. The largest absolute Gasteiger partial charge is 0.481 e. The molecule has 0 atom stereocenters. The smallest absolute Gasteiger partial charge is 0.303 e. The van der Waals surface area contributed by atoms with E-state index >= 15 is 0 Å². The van der Waals surface area contributed by atoms with E-state index in [9.17, 15) is 4.79 Å². The minimum Gasteiger partial charge on any atom is -0.481 e. The molecule has 3 heteroatoms. The first-order chi connectivity index (χ1) is 10.2. The molecule has 134 valence electrons. The first kappa shape index (κ1) is 23.7. The number of carboxylic acids is 1. The van der Waals surface area contributed by atoms with Crippen LogP contribution in [0.2, 0.25) is 0 Å². The van der Waals surface area contributed by atoms with Crippen LogP contribution in [-0.2, 0) is 4.79 Å². The Morgan fingerprint density at radius 2 is 1.50 bits per heavy atom. The van der Waals surface area contributed by atoms with Gasteiger partial charge in [0.15, 0.2) is 0 Å². The average molecular weight is 316 g/mol. The summed E-state index contributed by atoms with van der Waals surface area (Å²) in [7, 11) is 0. The van der Waals surface area contributed by atoms with Gasteiger partial charge in [0.25, 0.3) is 0 Å². The van der Waals surface area contributed by atoms with Crippen molar-refractivity contribution < 1.29 is 9.90 Å². The molecule has 3 nitrogen and oxygen atoms in total. The maximum absolute atomic E-state index is 10.9. The van der Waals surface area contributed by atoms with Crippen LogP contribution in [0.5, 0.6) is 0 Å². The lowest BCUT2D eigenvalue weighted by Gasteiger charge is -2.34. The molecule has 0 fully saturated rings. The lowest BCUT2D eigenvalue weighted by atomic mass is 9.73. The van der Waals surface area contributed by atoms with Gasteiger partial charge in [0.05, 0.1) is 6.42 Å². The van der Waals surface area contributed by atoms with Crippen LogP contribution in [0.25, 0.3) is 0 Å². The van der Waals surface area contributed by atoms with E-state index in [0.717, 1.165) is 19.5 Å². The van der Waals surface area contributed by atoms with Crippen molar-refractivity contribution in [3.8, 4) is 0 Å². The van der Waals surface area contributed by atoms with Crippen LogP contribution in [0, 0.1) is 10.8 Å². The third-order valence-electron chi connectivity index (χ3n) is 3.65. The van der Waals surface area contributed by atoms with E-state index in [1.165, 1.54) is 32.1 Å². The minimum atomic E-state index is -0.699. The van der Waals surface area contributed by atoms with Crippen molar-refractivity contribution in [2.24, 2.45) is 10.8 Å². The molecule has 0 saturated carbocycles. The summed E-state index contributed by atoms with van der Waals surface area (Å²) in [5, 5.41) is 12.5. The highest BCUT2D eigenvalue weighted by molar-refractivity contribution is 5.67. The van der Waals surface area contributed by atoms with Crippen LogP contribution in [0.1, 0.15) is 93.4 Å². The SMILES string of the molecule is CC.CCCCCCCNCC(C)(C)CC(C)(C)CC(=O)O. The first-order valence-electron chi connectivity index (χ1n) is 9.11. The number of carboxylic acid groups (broad SMARTS) is 1. The molecule has 0 heterocycles. The van der Waals surface area contributed by atoms with Crippen molar-refractivity contribution in [1.29, 1.82) is 0 Å². The summed E-state index contributed by atoms with van der Waals surface area (Å²) in [5.74, 6) is -0.699. The van der Waals surface area contributed by atoms with Crippen molar-refractivity contribution in [2.75, 3.05) is 13.1 Å². The molecule has 0 amide bonds. The van der Waals surface area contributed by atoms with Gasteiger partial charge in [-0.15, -0.1) is 0 Å². The predicted octanol–water partition coefficient (Wildman–Crippen LogP) is 5.49. The Morgan fingerprint density at radius 3 is 2.00 bits per heavy atom. The molecule has 0 unspecified atom stereocenters. The molecule has 0 aliphatic heterocycles. The fraction of sp³-hybridized carbons (Fsp3) is 0.947. The molecule has 0 rings (SSSR count). The lowest BCUT2D eigenvalue weighted by Crippen LogP contribution is -2.34. The van der Waals surface area contributed by atoms with Gasteiger partial charge in [0.1, 0.15) is 0 Å². The second-order valence-electron chi connectivity index (χ2n) is 7.67. The van der Waals surface area contributed by atoms with Gasteiger partial charge in [-0.25, -0.2) is 0 Å². The van der Waals surface area contributed by atoms with Gasteiger partial charge in [-0.1, -0.05) is 74.1 Å². The van der Waals surface area contributed by atoms with Crippen LogP contribution in [0.15, 0.2) is 0 Å². The molecule has 0 bridgehead atoms. The van der Waals surface area contributed by atoms with Gasteiger partial charge in [0, 0.05) is 6.54 Å². The summed E-state index contributed by atoms with van der Waals surface area (Å²) in [5.41, 5.74) is 0.000504. The van der Waals surface area contributed by atoms with Gasteiger partial charge >= 0.3 is 5.97 Å². The Hall–Kier alpha value is -0.570. The van der Waals surface area contributed by atoms with Gasteiger partial charge < -0.3 is 10.4 Å². The number of hydrogen-bond donors (Lipinski definition) is 2.